The molecule has 0 spiro atoms. The summed E-state index contributed by atoms with van der Waals surface area (Å²) in [6.07, 6.45) is 7.30. The Morgan fingerprint density at radius 3 is 2.26 bits per heavy atom. The van der Waals surface area contributed by atoms with E-state index in [2.05, 4.69) is 82.3 Å². The van der Waals surface area contributed by atoms with E-state index in [-0.39, 0.29) is 0 Å². The second-order valence-electron chi connectivity index (χ2n) is 9.21. The first kappa shape index (κ1) is 21.2. The van der Waals surface area contributed by atoms with Crippen molar-refractivity contribution in [3.63, 3.8) is 0 Å². The number of nitrogens with zero attached hydrogens (tertiary/aromatic N) is 5. The fourth-order valence-electron chi connectivity index (χ4n) is 5.27. The highest BCUT2D eigenvalue weighted by molar-refractivity contribution is 7.26. The van der Waals surface area contributed by atoms with Crippen LogP contribution >= 0.6 is 11.3 Å². The van der Waals surface area contributed by atoms with Gasteiger partial charge in [0.15, 0.2) is 5.82 Å². The van der Waals surface area contributed by atoms with Crippen molar-refractivity contribution in [1.29, 1.82) is 0 Å². The summed E-state index contributed by atoms with van der Waals surface area (Å²) < 4.78 is 4.75. The predicted octanol–water partition coefficient (Wildman–Crippen LogP) is 8.07. The van der Waals surface area contributed by atoms with Gasteiger partial charge in [0.05, 0.1) is 40.3 Å². The quantitative estimate of drug-likeness (QED) is 0.244. The Balaban J connectivity index is 1.44. The summed E-state index contributed by atoms with van der Waals surface area (Å²) in [5.41, 5.74) is 6.95. The Kier molecular flexibility index (Phi) is 4.62. The summed E-state index contributed by atoms with van der Waals surface area (Å²) in [6.45, 7) is 0. The molecule has 0 unspecified atom stereocenters. The minimum atomic E-state index is 0.652. The van der Waals surface area contributed by atoms with E-state index in [1.54, 1.807) is 12.4 Å². The number of benzene rings is 3. The molecule has 0 aliphatic rings. The summed E-state index contributed by atoms with van der Waals surface area (Å²) in [4.78, 5) is 18.8. The zero-order chi connectivity index (χ0) is 25.1. The Morgan fingerprint density at radius 2 is 1.42 bits per heavy atom. The topological polar surface area (TPSA) is 56.5 Å². The van der Waals surface area contributed by atoms with Gasteiger partial charge in [0.2, 0.25) is 0 Å². The van der Waals surface area contributed by atoms with E-state index < -0.39 is 0 Å². The maximum Gasteiger partial charge on any atom is 0.160 e. The van der Waals surface area contributed by atoms with E-state index in [9.17, 15) is 0 Å². The van der Waals surface area contributed by atoms with Crippen LogP contribution in [0.2, 0.25) is 0 Å². The third-order valence-corrected chi connectivity index (χ3v) is 8.21. The van der Waals surface area contributed by atoms with Gasteiger partial charge >= 0.3 is 0 Å². The number of pyridine rings is 2. The average molecular weight is 506 g/mol. The molecule has 0 atom stereocenters. The van der Waals surface area contributed by atoms with Gasteiger partial charge in [0.1, 0.15) is 0 Å². The van der Waals surface area contributed by atoms with Crippen molar-refractivity contribution in [3.05, 3.63) is 116 Å². The van der Waals surface area contributed by atoms with Gasteiger partial charge in [-0.1, -0.05) is 54.6 Å². The molecule has 0 radical (unpaired) electrons. The molecule has 6 heteroatoms. The predicted molar refractivity (Wildman–Crippen MR) is 156 cm³/mol. The standard InChI is InChI=1S/C32H19N5S/c1-2-7-20(8-3-1)25-13-15-27-30(36-25)29-26(14-12-24-23-10-4-5-11-28(23)38-31(24)29)37(27)22-18-34-32(35-19-22)21-9-6-16-33-17-21/h1-19H. The lowest BCUT2D eigenvalue weighted by atomic mass is 10.1. The minimum Gasteiger partial charge on any atom is -0.305 e. The molecule has 0 saturated carbocycles. The van der Waals surface area contributed by atoms with Gasteiger partial charge in [-0.2, -0.15) is 0 Å². The van der Waals surface area contributed by atoms with Gasteiger partial charge in [-0.05, 0) is 36.4 Å². The number of thiophene rings is 1. The lowest BCUT2D eigenvalue weighted by Crippen LogP contribution is -1.98. The number of fused-ring (bicyclic) bond motifs is 7. The normalized spacial score (nSPS) is 11.7. The molecule has 0 aliphatic heterocycles. The number of aromatic nitrogens is 5. The summed E-state index contributed by atoms with van der Waals surface area (Å²) in [5.74, 6) is 0.652. The second kappa shape index (κ2) is 8.30. The van der Waals surface area contributed by atoms with Crippen LogP contribution in [0.4, 0.5) is 0 Å². The van der Waals surface area contributed by atoms with Gasteiger partial charge in [-0.25, -0.2) is 15.0 Å². The lowest BCUT2D eigenvalue weighted by molar-refractivity contribution is 1.08. The summed E-state index contributed by atoms with van der Waals surface area (Å²) in [5, 5.41) is 3.69. The SMILES string of the molecule is c1ccc(-c2ccc3c(n2)c2c4sc5ccccc5c4ccc2n3-c2cnc(-c3cccnc3)nc2)cc1. The van der Waals surface area contributed by atoms with Crippen LogP contribution in [-0.2, 0) is 0 Å². The van der Waals surface area contributed by atoms with Crippen LogP contribution in [0, 0.1) is 0 Å². The van der Waals surface area contributed by atoms with Crippen molar-refractivity contribution in [3.8, 4) is 28.3 Å². The third kappa shape index (κ3) is 3.17. The fourth-order valence-corrected chi connectivity index (χ4v) is 6.51. The fraction of sp³-hybridized carbons (Fsp3) is 0. The zero-order valence-corrected chi connectivity index (χ0v) is 20.9. The molecule has 5 nitrogen and oxygen atoms in total. The first-order valence-electron chi connectivity index (χ1n) is 12.4. The molecular weight excluding hydrogens is 486 g/mol. The molecule has 0 amide bonds. The molecule has 0 bridgehead atoms. The monoisotopic (exact) mass is 505 g/mol. The van der Waals surface area contributed by atoms with Crippen LogP contribution < -0.4 is 0 Å². The highest BCUT2D eigenvalue weighted by Crippen LogP contribution is 2.43. The molecule has 0 N–H and O–H groups in total. The number of rotatable bonds is 3. The molecule has 178 valence electrons. The number of hydrogen-bond acceptors (Lipinski definition) is 5. The van der Waals surface area contributed by atoms with Gasteiger partial charge in [0.25, 0.3) is 0 Å². The summed E-state index contributed by atoms with van der Waals surface area (Å²) >= 11 is 1.82. The highest BCUT2D eigenvalue weighted by atomic mass is 32.1. The number of hydrogen-bond donors (Lipinski definition) is 0. The van der Waals surface area contributed by atoms with E-state index in [4.69, 9.17) is 15.0 Å². The molecule has 8 rings (SSSR count). The van der Waals surface area contributed by atoms with Crippen LogP contribution in [0.15, 0.2) is 116 Å². The van der Waals surface area contributed by atoms with Crippen LogP contribution in [0.3, 0.4) is 0 Å². The van der Waals surface area contributed by atoms with Crippen molar-refractivity contribution in [1.82, 2.24) is 24.5 Å². The zero-order valence-electron chi connectivity index (χ0n) is 20.1. The lowest BCUT2D eigenvalue weighted by Gasteiger charge is -2.08. The third-order valence-electron chi connectivity index (χ3n) is 7.00. The smallest absolute Gasteiger partial charge is 0.160 e. The van der Waals surface area contributed by atoms with Gasteiger partial charge < -0.3 is 4.57 Å². The van der Waals surface area contributed by atoms with E-state index in [1.165, 1.54) is 20.2 Å². The van der Waals surface area contributed by atoms with Crippen molar-refractivity contribution in [2.75, 3.05) is 0 Å². The first-order chi connectivity index (χ1) is 18.8. The van der Waals surface area contributed by atoms with Crippen molar-refractivity contribution in [2.24, 2.45) is 0 Å². The largest absolute Gasteiger partial charge is 0.305 e. The van der Waals surface area contributed by atoms with Gasteiger partial charge in [-0.3, -0.25) is 4.98 Å². The molecule has 8 aromatic rings. The Hall–Kier alpha value is -4.94. The van der Waals surface area contributed by atoms with E-state index in [1.807, 2.05) is 41.9 Å². The molecule has 38 heavy (non-hydrogen) atoms. The second-order valence-corrected chi connectivity index (χ2v) is 10.3. The van der Waals surface area contributed by atoms with Crippen LogP contribution in [0.1, 0.15) is 0 Å². The summed E-state index contributed by atoms with van der Waals surface area (Å²) in [6, 6.07) is 31.5. The Labute approximate surface area is 221 Å². The summed E-state index contributed by atoms with van der Waals surface area (Å²) in [7, 11) is 0. The van der Waals surface area contributed by atoms with E-state index in [0.29, 0.717) is 5.82 Å². The first-order valence-corrected chi connectivity index (χ1v) is 13.2. The Morgan fingerprint density at radius 1 is 0.632 bits per heavy atom. The minimum absolute atomic E-state index is 0.652. The molecule has 3 aromatic carbocycles. The highest BCUT2D eigenvalue weighted by Gasteiger charge is 2.19. The maximum absolute atomic E-state index is 5.24. The molecule has 5 heterocycles. The van der Waals surface area contributed by atoms with E-state index >= 15 is 0 Å². The van der Waals surface area contributed by atoms with Crippen molar-refractivity contribution >= 4 is 53.4 Å². The maximum atomic E-state index is 5.24. The molecule has 0 saturated heterocycles. The molecule has 5 aromatic heterocycles. The van der Waals surface area contributed by atoms with Crippen LogP contribution in [-0.4, -0.2) is 24.5 Å². The molecular formula is C32H19N5S. The van der Waals surface area contributed by atoms with Crippen LogP contribution in [0.25, 0.3) is 70.4 Å². The van der Waals surface area contributed by atoms with Gasteiger partial charge in [-0.15, -0.1) is 11.3 Å². The average Bonchev–Trinajstić information content (AvgIpc) is 3.53. The molecule has 0 fully saturated rings. The van der Waals surface area contributed by atoms with Crippen molar-refractivity contribution in [2.45, 2.75) is 0 Å². The Bertz CT molecular complexity index is 2110. The van der Waals surface area contributed by atoms with Crippen molar-refractivity contribution < 1.29 is 0 Å². The molecule has 0 aliphatic carbocycles. The van der Waals surface area contributed by atoms with E-state index in [0.717, 1.165) is 44.4 Å². The van der Waals surface area contributed by atoms with Gasteiger partial charge in [0, 0.05) is 49.1 Å². The van der Waals surface area contributed by atoms with Crippen LogP contribution in [0.5, 0.6) is 0 Å².